The molecule has 19 heavy (non-hydrogen) atoms. The number of hydrogen-bond donors (Lipinski definition) is 0. The van der Waals surface area contributed by atoms with Crippen molar-refractivity contribution in [1.29, 1.82) is 0 Å². The van der Waals surface area contributed by atoms with E-state index in [1.54, 1.807) is 0 Å². The third kappa shape index (κ3) is 2.60. The van der Waals surface area contributed by atoms with Crippen LogP contribution >= 0.6 is 0 Å². The molecule has 0 aliphatic carbocycles. The lowest BCUT2D eigenvalue weighted by molar-refractivity contribution is 0.0481. The molecular formula is C15H19NO3. The van der Waals surface area contributed by atoms with E-state index in [4.69, 9.17) is 14.2 Å². The topological polar surface area (TPSA) is 30.9 Å². The van der Waals surface area contributed by atoms with Gasteiger partial charge in [0.1, 0.15) is 0 Å². The Hall–Kier alpha value is -1.52. The Morgan fingerprint density at radius 1 is 1.42 bits per heavy atom. The lowest BCUT2D eigenvalue weighted by Gasteiger charge is -2.13. The van der Waals surface area contributed by atoms with Gasteiger partial charge in [-0.3, -0.25) is 4.90 Å². The van der Waals surface area contributed by atoms with E-state index in [1.807, 2.05) is 24.3 Å². The first-order chi connectivity index (χ1) is 9.26. The van der Waals surface area contributed by atoms with Crippen LogP contribution in [-0.4, -0.2) is 37.4 Å². The number of ether oxygens (including phenoxy) is 3. The SMILES string of the molecule is C=C[C@@H]1C[C@@H](OCc2ccc3c(c2)OCO3)CN1C. The van der Waals surface area contributed by atoms with Crippen molar-refractivity contribution in [3.63, 3.8) is 0 Å². The van der Waals surface area contributed by atoms with E-state index < -0.39 is 0 Å². The average molecular weight is 261 g/mol. The Morgan fingerprint density at radius 3 is 3.05 bits per heavy atom. The highest BCUT2D eigenvalue weighted by Crippen LogP contribution is 2.33. The molecule has 4 nitrogen and oxygen atoms in total. The van der Waals surface area contributed by atoms with Crippen molar-refractivity contribution in [2.45, 2.75) is 25.2 Å². The van der Waals surface area contributed by atoms with E-state index in [-0.39, 0.29) is 6.10 Å². The zero-order chi connectivity index (χ0) is 13.2. The first-order valence-electron chi connectivity index (χ1n) is 6.59. The van der Waals surface area contributed by atoms with Crippen LogP contribution < -0.4 is 9.47 Å². The van der Waals surface area contributed by atoms with E-state index in [0.29, 0.717) is 19.4 Å². The molecule has 0 bridgehead atoms. The number of benzene rings is 1. The fourth-order valence-electron chi connectivity index (χ4n) is 2.62. The summed E-state index contributed by atoms with van der Waals surface area (Å²) in [6, 6.07) is 6.39. The van der Waals surface area contributed by atoms with Crippen molar-refractivity contribution >= 4 is 0 Å². The van der Waals surface area contributed by atoms with E-state index in [9.17, 15) is 0 Å². The molecule has 0 unspecified atom stereocenters. The van der Waals surface area contributed by atoms with Gasteiger partial charge >= 0.3 is 0 Å². The molecule has 2 heterocycles. The van der Waals surface area contributed by atoms with Crippen LogP contribution in [0.1, 0.15) is 12.0 Å². The molecule has 102 valence electrons. The Morgan fingerprint density at radius 2 is 2.26 bits per heavy atom. The molecule has 4 heteroatoms. The molecular weight excluding hydrogens is 242 g/mol. The maximum Gasteiger partial charge on any atom is 0.231 e. The van der Waals surface area contributed by atoms with Crippen LogP contribution in [0.3, 0.4) is 0 Å². The van der Waals surface area contributed by atoms with Crippen LogP contribution in [0.2, 0.25) is 0 Å². The van der Waals surface area contributed by atoms with Crippen LogP contribution in [0.15, 0.2) is 30.9 Å². The van der Waals surface area contributed by atoms with Crippen LogP contribution in [0, 0.1) is 0 Å². The van der Waals surface area contributed by atoms with Crippen LogP contribution in [0.5, 0.6) is 11.5 Å². The monoisotopic (exact) mass is 261 g/mol. The average Bonchev–Trinajstić information content (AvgIpc) is 3.01. The number of fused-ring (bicyclic) bond motifs is 1. The smallest absolute Gasteiger partial charge is 0.231 e. The van der Waals surface area contributed by atoms with Gasteiger partial charge in [-0.2, -0.15) is 0 Å². The van der Waals surface area contributed by atoms with Crippen LogP contribution in [0.4, 0.5) is 0 Å². The van der Waals surface area contributed by atoms with Crippen molar-refractivity contribution in [2.75, 3.05) is 20.4 Å². The standard InChI is InChI=1S/C15H19NO3/c1-3-12-7-13(8-16(12)2)17-9-11-4-5-14-15(6-11)19-10-18-14/h3-6,12-13H,1,7-10H2,2H3/t12-,13-/m1/s1. The highest BCUT2D eigenvalue weighted by Gasteiger charge is 2.27. The third-order valence-electron chi connectivity index (χ3n) is 3.76. The number of likely N-dealkylation sites (N-methyl/N-ethyl adjacent to an activating group) is 1. The summed E-state index contributed by atoms with van der Waals surface area (Å²) in [5.41, 5.74) is 1.12. The predicted molar refractivity (Wildman–Crippen MR) is 72.4 cm³/mol. The van der Waals surface area contributed by atoms with E-state index in [2.05, 4.69) is 18.5 Å². The summed E-state index contributed by atoms with van der Waals surface area (Å²) in [7, 11) is 2.11. The minimum Gasteiger partial charge on any atom is -0.454 e. The summed E-state index contributed by atoms with van der Waals surface area (Å²) >= 11 is 0. The molecule has 0 N–H and O–H groups in total. The lowest BCUT2D eigenvalue weighted by atomic mass is 10.2. The Labute approximate surface area is 113 Å². The van der Waals surface area contributed by atoms with Gasteiger partial charge in [0.15, 0.2) is 11.5 Å². The van der Waals surface area contributed by atoms with Crippen molar-refractivity contribution in [1.82, 2.24) is 4.90 Å². The molecule has 2 aliphatic heterocycles. The zero-order valence-corrected chi connectivity index (χ0v) is 11.2. The molecule has 0 saturated carbocycles. The van der Waals surface area contributed by atoms with Crippen LogP contribution in [-0.2, 0) is 11.3 Å². The quantitative estimate of drug-likeness (QED) is 0.777. The van der Waals surface area contributed by atoms with Crippen molar-refractivity contribution in [3.05, 3.63) is 36.4 Å². The molecule has 3 rings (SSSR count). The Kier molecular flexibility index (Phi) is 3.44. The van der Waals surface area contributed by atoms with Crippen LogP contribution in [0.25, 0.3) is 0 Å². The van der Waals surface area contributed by atoms with Gasteiger partial charge in [0, 0.05) is 12.6 Å². The van der Waals surface area contributed by atoms with E-state index >= 15 is 0 Å². The number of nitrogens with zero attached hydrogens (tertiary/aromatic N) is 1. The minimum absolute atomic E-state index is 0.276. The van der Waals surface area contributed by atoms with E-state index in [0.717, 1.165) is 30.0 Å². The summed E-state index contributed by atoms with van der Waals surface area (Å²) < 4.78 is 16.6. The van der Waals surface area contributed by atoms with Gasteiger partial charge in [-0.05, 0) is 31.2 Å². The van der Waals surface area contributed by atoms with Gasteiger partial charge in [-0.1, -0.05) is 12.1 Å². The van der Waals surface area contributed by atoms with Gasteiger partial charge in [0.05, 0.1) is 12.7 Å². The maximum absolute atomic E-state index is 5.97. The fourth-order valence-corrected chi connectivity index (χ4v) is 2.62. The summed E-state index contributed by atoms with van der Waals surface area (Å²) in [5.74, 6) is 1.63. The number of rotatable bonds is 4. The summed E-state index contributed by atoms with van der Waals surface area (Å²) in [6.45, 7) is 5.74. The molecule has 2 atom stereocenters. The van der Waals surface area contributed by atoms with Gasteiger partial charge in [0.2, 0.25) is 6.79 Å². The maximum atomic E-state index is 5.97. The Balaban J connectivity index is 1.57. The molecule has 0 amide bonds. The van der Waals surface area contributed by atoms with Crippen molar-refractivity contribution < 1.29 is 14.2 Å². The minimum atomic E-state index is 0.276. The van der Waals surface area contributed by atoms with Gasteiger partial charge < -0.3 is 14.2 Å². The van der Waals surface area contributed by atoms with Gasteiger partial charge in [0.25, 0.3) is 0 Å². The highest BCUT2D eigenvalue weighted by atomic mass is 16.7. The Bertz CT molecular complexity index is 474. The molecule has 1 fully saturated rings. The van der Waals surface area contributed by atoms with E-state index in [1.165, 1.54) is 0 Å². The molecule has 2 aliphatic rings. The van der Waals surface area contributed by atoms with Gasteiger partial charge in [-0.25, -0.2) is 0 Å². The molecule has 1 aromatic rings. The fraction of sp³-hybridized carbons (Fsp3) is 0.467. The van der Waals surface area contributed by atoms with Crippen molar-refractivity contribution in [3.8, 4) is 11.5 Å². The molecule has 1 aromatic carbocycles. The second-order valence-corrected chi connectivity index (χ2v) is 5.10. The second kappa shape index (κ2) is 5.23. The normalized spacial score (nSPS) is 25.7. The lowest BCUT2D eigenvalue weighted by Crippen LogP contribution is -2.23. The number of likely N-dealkylation sites (tertiary alicyclic amines) is 1. The summed E-state index contributed by atoms with van der Waals surface area (Å²) in [5, 5.41) is 0. The summed E-state index contributed by atoms with van der Waals surface area (Å²) in [6.07, 6.45) is 3.28. The molecule has 1 saturated heterocycles. The first kappa shape index (κ1) is 12.5. The van der Waals surface area contributed by atoms with Crippen molar-refractivity contribution in [2.24, 2.45) is 0 Å². The number of hydrogen-bond acceptors (Lipinski definition) is 4. The zero-order valence-electron chi connectivity index (χ0n) is 11.2. The predicted octanol–water partition coefficient (Wildman–Crippen LogP) is 2.19. The third-order valence-corrected chi connectivity index (χ3v) is 3.76. The second-order valence-electron chi connectivity index (χ2n) is 5.10. The van der Waals surface area contributed by atoms with Gasteiger partial charge in [-0.15, -0.1) is 6.58 Å². The molecule has 0 spiro atoms. The summed E-state index contributed by atoms with van der Waals surface area (Å²) in [4.78, 5) is 2.28. The molecule has 0 aromatic heterocycles. The first-order valence-corrected chi connectivity index (χ1v) is 6.59. The highest BCUT2D eigenvalue weighted by molar-refractivity contribution is 5.44. The largest absolute Gasteiger partial charge is 0.454 e. The molecule has 0 radical (unpaired) electrons.